The zero-order valence-corrected chi connectivity index (χ0v) is 19.6. The molecule has 1 atom stereocenters. The van der Waals surface area contributed by atoms with E-state index in [1.54, 1.807) is 7.05 Å². The lowest BCUT2D eigenvalue weighted by Gasteiger charge is -2.28. The Hall–Kier alpha value is -2.49. The highest BCUT2D eigenvalue weighted by molar-refractivity contribution is 14.0. The maximum Gasteiger partial charge on any atom is 0.257 e. The van der Waals surface area contributed by atoms with E-state index in [9.17, 15) is 4.79 Å². The zero-order valence-electron chi connectivity index (χ0n) is 17.3. The molecule has 8 heteroatoms. The topological polar surface area (TPSA) is 84.0 Å². The summed E-state index contributed by atoms with van der Waals surface area (Å²) in [4.78, 5) is 15.9. The van der Waals surface area contributed by atoms with E-state index in [1.807, 2.05) is 49.4 Å². The van der Waals surface area contributed by atoms with Crippen LogP contribution in [0.2, 0.25) is 0 Å². The van der Waals surface area contributed by atoms with Gasteiger partial charge in [-0.25, -0.2) is 0 Å². The van der Waals surface area contributed by atoms with Crippen molar-refractivity contribution < 1.29 is 14.3 Å². The molecule has 2 aromatic carbocycles. The molecule has 30 heavy (non-hydrogen) atoms. The summed E-state index contributed by atoms with van der Waals surface area (Å²) in [6.45, 7) is 3.75. The van der Waals surface area contributed by atoms with Gasteiger partial charge < -0.3 is 25.4 Å². The van der Waals surface area contributed by atoms with Crippen LogP contribution in [0.25, 0.3) is 0 Å². The molecular formula is C22H29IN4O3. The van der Waals surface area contributed by atoms with Crippen molar-refractivity contribution in [2.45, 2.75) is 25.9 Å². The molecule has 3 N–H and O–H groups in total. The van der Waals surface area contributed by atoms with Gasteiger partial charge in [-0.05, 0) is 30.7 Å². The third-order valence-electron chi connectivity index (χ3n) is 4.60. The highest BCUT2D eigenvalue weighted by Gasteiger charge is 2.21. The van der Waals surface area contributed by atoms with E-state index in [2.05, 4.69) is 27.0 Å². The molecule has 0 saturated carbocycles. The van der Waals surface area contributed by atoms with Crippen molar-refractivity contribution in [3.05, 3.63) is 59.7 Å². The van der Waals surface area contributed by atoms with E-state index in [-0.39, 0.29) is 42.5 Å². The molecule has 0 fully saturated rings. The number of aliphatic imine (C=N–C) groups is 1. The van der Waals surface area contributed by atoms with Crippen LogP contribution in [-0.4, -0.2) is 38.7 Å². The summed E-state index contributed by atoms with van der Waals surface area (Å²) < 4.78 is 11.3. The minimum absolute atomic E-state index is 0. The first kappa shape index (κ1) is 23.8. The number of amides is 1. The van der Waals surface area contributed by atoms with Crippen LogP contribution in [0.15, 0.2) is 53.5 Å². The molecule has 162 valence electrons. The van der Waals surface area contributed by atoms with Gasteiger partial charge in [0.15, 0.2) is 12.6 Å². The first-order valence-corrected chi connectivity index (χ1v) is 9.87. The van der Waals surface area contributed by atoms with E-state index in [4.69, 9.17) is 9.47 Å². The van der Waals surface area contributed by atoms with Gasteiger partial charge >= 0.3 is 0 Å². The fraction of sp³-hybridized carbons (Fsp3) is 0.364. The number of fused-ring (bicyclic) bond motifs is 1. The van der Waals surface area contributed by atoms with Crippen molar-refractivity contribution >= 4 is 35.8 Å². The maximum atomic E-state index is 11.6. The summed E-state index contributed by atoms with van der Waals surface area (Å²) in [7, 11) is 1.76. The van der Waals surface area contributed by atoms with Gasteiger partial charge in [0.05, 0.1) is 12.6 Å². The number of ether oxygens (including phenoxy) is 2. The first-order valence-electron chi connectivity index (χ1n) is 9.87. The molecule has 1 aliphatic rings. The van der Waals surface area contributed by atoms with Gasteiger partial charge in [0.25, 0.3) is 5.91 Å². The number of likely N-dealkylation sites (N-methyl/N-ethyl adjacent to an activating group) is 1. The zero-order chi connectivity index (χ0) is 20.5. The van der Waals surface area contributed by atoms with Crippen LogP contribution in [-0.2, 0) is 11.3 Å². The van der Waals surface area contributed by atoms with Crippen LogP contribution < -0.4 is 25.4 Å². The van der Waals surface area contributed by atoms with E-state index < -0.39 is 0 Å². The molecule has 1 unspecified atom stereocenters. The van der Waals surface area contributed by atoms with Crippen molar-refractivity contribution in [1.82, 2.24) is 16.0 Å². The summed E-state index contributed by atoms with van der Waals surface area (Å²) in [6.07, 6.45) is 0.876. The molecule has 0 spiro atoms. The minimum atomic E-state index is -0.127. The van der Waals surface area contributed by atoms with Crippen LogP contribution in [0.3, 0.4) is 0 Å². The Morgan fingerprint density at radius 2 is 2.03 bits per heavy atom. The minimum Gasteiger partial charge on any atom is -0.493 e. The number of rotatable bonds is 7. The maximum absolute atomic E-state index is 11.6. The molecule has 0 aromatic heterocycles. The lowest BCUT2D eigenvalue weighted by molar-refractivity contribution is -0.122. The number of hydrogen-bond donors (Lipinski definition) is 3. The highest BCUT2D eigenvalue weighted by atomic mass is 127. The summed E-state index contributed by atoms with van der Waals surface area (Å²) in [5.74, 6) is 2.18. The molecule has 0 aliphatic carbocycles. The molecule has 7 nitrogen and oxygen atoms in total. The number of carbonyl (C=O) groups excluding carboxylic acids is 1. The predicted molar refractivity (Wildman–Crippen MR) is 129 cm³/mol. The van der Waals surface area contributed by atoms with Crippen molar-refractivity contribution in [2.24, 2.45) is 4.99 Å². The van der Waals surface area contributed by atoms with Crippen LogP contribution in [0.4, 0.5) is 0 Å². The molecule has 0 saturated heterocycles. The van der Waals surface area contributed by atoms with E-state index in [1.165, 1.54) is 0 Å². The molecule has 0 radical (unpaired) electrons. The number of carbonyl (C=O) groups is 1. The Morgan fingerprint density at radius 3 is 2.83 bits per heavy atom. The number of guanidine groups is 1. The van der Waals surface area contributed by atoms with Crippen LogP contribution >= 0.6 is 24.0 Å². The molecule has 0 bridgehead atoms. The third kappa shape index (κ3) is 6.79. The number of para-hydroxylation sites is 1. The average molecular weight is 524 g/mol. The van der Waals surface area contributed by atoms with Gasteiger partial charge in [-0.3, -0.25) is 9.79 Å². The Bertz CT molecular complexity index is 860. The third-order valence-corrected chi connectivity index (χ3v) is 4.60. The largest absolute Gasteiger partial charge is 0.493 e. The molecule has 3 rings (SSSR count). The smallest absolute Gasteiger partial charge is 0.257 e. The molecule has 1 heterocycles. The van der Waals surface area contributed by atoms with Gasteiger partial charge in [-0.15, -0.1) is 24.0 Å². The van der Waals surface area contributed by atoms with E-state index in [0.29, 0.717) is 25.4 Å². The van der Waals surface area contributed by atoms with E-state index >= 15 is 0 Å². The fourth-order valence-electron chi connectivity index (χ4n) is 3.18. The standard InChI is InChI=1S/C22H28N4O3.HI/c1-3-24-21(27)15-29-17-8-6-7-16(13-17)14-25-22(23-2)26-19-11-12-28-20-10-5-4-9-18(19)20;/h4-10,13,19H,3,11-12,14-15H2,1-2H3,(H,24,27)(H2,23,25,26);1H. The van der Waals surface area contributed by atoms with Crippen molar-refractivity contribution in [1.29, 1.82) is 0 Å². The average Bonchev–Trinajstić information content (AvgIpc) is 2.76. The lowest BCUT2D eigenvalue weighted by atomic mass is 10.0. The van der Waals surface area contributed by atoms with Gasteiger partial charge in [0.1, 0.15) is 11.5 Å². The Morgan fingerprint density at radius 1 is 1.20 bits per heavy atom. The van der Waals surface area contributed by atoms with Gasteiger partial charge in [-0.2, -0.15) is 0 Å². The molecular weight excluding hydrogens is 495 g/mol. The van der Waals surface area contributed by atoms with Crippen molar-refractivity contribution in [2.75, 3.05) is 26.8 Å². The molecule has 1 aliphatic heterocycles. The Kier molecular flexibility index (Phi) is 9.72. The summed E-state index contributed by atoms with van der Waals surface area (Å²) in [6, 6.07) is 15.9. The van der Waals surface area contributed by atoms with E-state index in [0.717, 1.165) is 29.3 Å². The molecule has 1 amide bonds. The second-order valence-corrected chi connectivity index (χ2v) is 6.69. The van der Waals surface area contributed by atoms with Crippen LogP contribution in [0, 0.1) is 0 Å². The van der Waals surface area contributed by atoms with Crippen LogP contribution in [0.1, 0.15) is 30.5 Å². The predicted octanol–water partition coefficient (Wildman–Crippen LogP) is 3.01. The fourth-order valence-corrected chi connectivity index (χ4v) is 3.18. The Balaban J connectivity index is 0.00000320. The number of halogens is 1. The van der Waals surface area contributed by atoms with Gasteiger partial charge in [0.2, 0.25) is 0 Å². The number of hydrogen-bond acceptors (Lipinski definition) is 4. The normalized spacial score (nSPS) is 15.1. The highest BCUT2D eigenvalue weighted by Crippen LogP contribution is 2.31. The summed E-state index contributed by atoms with van der Waals surface area (Å²) >= 11 is 0. The number of nitrogens with zero attached hydrogens (tertiary/aromatic N) is 1. The van der Waals surface area contributed by atoms with Gasteiger partial charge in [-0.1, -0.05) is 30.3 Å². The first-order chi connectivity index (χ1) is 14.2. The Labute approximate surface area is 194 Å². The summed E-state index contributed by atoms with van der Waals surface area (Å²) in [5.41, 5.74) is 2.18. The monoisotopic (exact) mass is 524 g/mol. The van der Waals surface area contributed by atoms with Crippen LogP contribution in [0.5, 0.6) is 11.5 Å². The number of benzene rings is 2. The van der Waals surface area contributed by atoms with Crippen molar-refractivity contribution in [3.63, 3.8) is 0 Å². The SMILES string of the molecule is CCNC(=O)COc1cccc(CNC(=NC)NC2CCOc3ccccc32)c1.I. The van der Waals surface area contributed by atoms with Crippen molar-refractivity contribution in [3.8, 4) is 11.5 Å². The lowest BCUT2D eigenvalue weighted by Crippen LogP contribution is -2.40. The second kappa shape index (κ2) is 12.3. The molecule has 2 aromatic rings. The van der Waals surface area contributed by atoms with Gasteiger partial charge in [0, 0.05) is 32.1 Å². The number of nitrogens with one attached hydrogen (secondary N) is 3. The summed E-state index contributed by atoms with van der Waals surface area (Å²) in [5, 5.41) is 9.53. The quantitative estimate of drug-likeness (QED) is 0.295. The second-order valence-electron chi connectivity index (χ2n) is 6.69.